The Morgan fingerprint density at radius 3 is 2.16 bits per heavy atom. The summed E-state index contributed by atoms with van der Waals surface area (Å²) in [5, 5.41) is 11.1. The molecule has 0 saturated heterocycles. The van der Waals surface area contributed by atoms with Crippen molar-refractivity contribution in [2.24, 2.45) is 0 Å². The van der Waals surface area contributed by atoms with Gasteiger partial charge >= 0.3 is 0 Å². The summed E-state index contributed by atoms with van der Waals surface area (Å²) < 4.78 is 11.4. The molecular weight excluding hydrogens is 390 g/mol. The van der Waals surface area contributed by atoms with Crippen LogP contribution >= 0.6 is 0 Å². The third kappa shape index (κ3) is 5.17. The molecule has 6 nitrogen and oxygen atoms in total. The van der Waals surface area contributed by atoms with Gasteiger partial charge in [-0.3, -0.25) is 4.79 Å². The van der Waals surface area contributed by atoms with Crippen molar-refractivity contribution in [3.63, 3.8) is 0 Å². The minimum Gasteiger partial charge on any atom is -0.492 e. The molecule has 3 aromatic carbocycles. The number of hydrogen-bond acceptors (Lipinski definition) is 5. The highest BCUT2D eigenvalue weighted by Crippen LogP contribution is 2.24. The van der Waals surface area contributed by atoms with Crippen LogP contribution in [0.1, 0.15) is 21.5 Å². The van der Waals surface area contributed by atoms with E-state index in [1.54, 1.807) is 24.3 Å². The molecule has 0 aliphatic carbocycles. The van der Waals surface area contributed by atoms with Crippen LogP contribution < -0.4 is 10.1 Å². The molecule has 1 heterocycles. The lowest BCUT2D eigenvalue weighted by Crippen LogP contribution is -2.28. The molecule has 0 bridgehead atoms. The van der Waals surface area contributed by atoms with Gasteiger partial charge in [-0.2, -0.15) is 0 Å². The molecule has 0 spiro atoms. The van der Waals surface area contributed by atoms with Crippen molar-refractivity contribution in [2.75, 3.05) is 13.2 Å². The van der Waals surface area contributed by atoms with Crippen LogP contribution in [-0.4, -0.2) is 29.3 Å². The Morgan fingerprint density at radius 1 is 0.871 bits per heavy atom. The maximum absolute atomic E-state index is 12.4. The summed E-state index contributed by atoms with van der Waals surface area (Å²) in [6.07, 6.45) is 0. The van der Waals surface area contributed by atoms with Crippen molar-refractivity contribution in [1.29, 1.82) is 0 Å². The molecular formula is C25H23N3O3. The summed E-state index contributed by atoms with van der Waals surface area (Å²) in [6.45, 7) is 4.85. The average Bonchev–Trinajstić information content (AvgIpc) is 3.27. The number of amides is 1. The topological polar surface area (TPSA) is 77.2 Å². The monoisotopic (exact) mass is 413 g/mol. The van der Waals surface area contributed by atoms with E-state index < -0.39 is 0 Å². The Hall–Kier alpha value is -3.93. The summed E-state index contributed by atoms with van der Waals surface area (Å²) in [7, 11) is 0. The van der Waals surface area contributed by atoms with E-state index in [4.69, 9.17) is 9.15 Å². The molecule has 1 N–H and O–H groups in total. The number of carbonyl (C=O) groups excluding carboxylic acids is 1. The van der Waals surface area contributed by atoms with Gasteiger partial charge in [-0.25, -0.2) is 0 Å². The molecule has 4 aromatic rings. The van der Waals surface area contributed by atoms with Crippen LogP contribution in [0.4, 0.5) is 0 Å². The molecule has 4 rings (SSSR count). The van der Waals surface area contributed by atoms with Crippen LogP contribution in [0.5, 0.6) is 5.75 Å². The number of nitrogens with one attached hydrogen (secondary N) is 1. The number of aryl methyl sites for hydroxylation is 2. The van der Waals surface area contributed by atoms with Gasteiger partial charge in [-0.15, -0.1) is 10.2 Å². The van der Waals surface area contributed by atoms with Gasteiger partial charge in [-0.05, 0) is 67.9 Å². The van der Waals surface area contributed by atoms with Crippen molar-refractivity contribution >= 4 is 5.91 Å². The summed E-state index contributed by atoms with van der Waals surface area (Å²) in [5.74, 6) is 1.51. The predicted octanol–water partition coefficient (Wildman–Crippen LogP) is 4.83. The van der Waals surface area contributed by atoms with Gasteiger partial charge in [0.25, 0.3) is 5.91 Å². The van der Waals surface area contributed by atoms with Crippen LogP contribution in [0, 0.1) is 13.8 Å². The Morgan fingerprint density at radius 2 is 1.52 bits per heavy atom. The first-order chi connectivity index (χ1) is 15.1. The predicted molar refractivity (Wildman–Crippen MR) is 119 cm³/mol. The van der Waals surface area contributed by atoms with E-state index in [0.29, 0.717) is 30.5 Å². The number of benzene rings is 3. The van der Waals surface area contributed by atoms with Gasteiger partial charge in [0.1, 0.15) is 12.4 Å². The SMILES string of the molecule is Cc1ccc(-c2nnc(-c3ccc(C(=O)NCCOc4cccc(C)c4)cc3)o2)cc1. The lowest BCUT2D eigenvalue weighted by molar-refractivity contribution is 0.0947. The fourth-order valence-corrected chi connectivity index (χ4v) is 3.06. The Kier molecular flexibility index (Phi) is 6.08. The van der Waals surface area contributed by atoms with Gasteiger partial charge in [0.2, 0.25) is 11.8 Å². The minimum atomic E-state index is -0.162. The summed E-state index contributed by atoms with van der Waals surface area (Å²) in [5.41, 5.74) is 4.48. The molecule has 1 aromatic heterocycles. The number of hydrogen-bond donors (Lipinski definition) is 1. The van der Waals surface area contributed by atoms with Gasteiger partial charge in [0.15, 0.2) is 0 Å². The first kappa shape index (κ1) is 20.3. The molecule has 0 aliphatic rings. The normalized spacial score (nSPS) is 10.6. The lowest BCUT2D eigenvalue weighted by atomic mass is 10.1. The fourth-order valence-electron chi connectivity index (χ4n) is 3.06. The van der Waals surface area contributed by atoms with Crippen molar-refractivity contribution in [3.05, 3.63) is 89.5 Å². The summed E-state index contributed by atoms with van der Waals surface area (Å²) >= 11 is 0. The molecule has 0 radical (unpaired) electrons. The summed E-state index contributed by atoms with van der Waals surface area (Å²) in [6, 6.07) is 22.8. The Labute approximate surface area is 180 Å². The largest absolute Gasteiger partial charge is 0.492 e. The van der Waals surface area contributed by atoms with E-state index in [-0.39, 0.29) is 5.91 Å². The first-order valence-electron chi connectivity index (χ1n) is 10.1. The highest BCUT2D eigenvalue weighted by atomic mass is 16.5. The van der Waals surface area contributed by atoms with Crippen LogP contribution in [-0.2, 0) is 0 Å². The number of rotatable bonds is 7. The number of aromatic nitrogens is 2. The fraction of sp³-hybridized carbons (Fsp3) is 0.160. The first-order valence-corrected chi connectivity index (χ1v) is 10.1. The zero-order valence-corrected chi connectivity index (χ0v) is 17.5. The maximum Gasteiger partial charge on any atom is 0.251 e. The van der Waals surface area contributed by atoms with Crippen LogP contribution in [0.25, 0.3) is 22.9 Å². The standard InChI is InChI=1S/C25H23N3O3/c1-17-6-8-20(9-7-17)24-27-28-25(31-24)21-12-10-19(11-13-21)23(29)26-14-15-30-22-5-3-4-18(2)16-22/h3-13,16H,14-15H2,1-2H3,(H,26,29). The maximum atomic E-state index is 12.4. The molecule has 0 aliphatic heterocycles. The van der Waals surface area contributed by atoms with Crippen molar-refractivity contribution in [1.82, 2.24) is 15.5 Å². The second-order valence-corrected chi connectivity index (χ2v) is 7.28. The second kappa shape index (κ2) is 9.26. The Bertz CT molecular complexity index is 1170. The molecule has 0 atom stereocenters. The van der Waals surface area contributed by atoms with Gasteiger partial charge < -0.3 is 14.5 Å². The molecule has 0 unspecified atom stereocenters. The third-order valence-electron chi connectivity index (χ3n) is 4.76. The smallest absolute Gasteiger partial charge is 0.251 e. The van der Waals surface area contributed by atoms with Gasteiger partial charge in [0, 0.05) is 16.7 Å². The van der Waals surface area contributed by atoms with Crippen LogP contribution in [0.15, 0.2) is 77.2 Å². The van der Waals surface area contributed by atoms with E-state index in [1.807, 2.05) is 62.4 Å². The van der Waals surface area contributed by atoms with E-state index in [0.717, 1.165) is 22.4 Å². The molecule has 156 valence electrons. The highest BCUT2D eigenvalue weighted by Gasteiger charge is 2.12. The quantitative estimate of drug-likeness (QED) is 0.439. The van der Waals surface area contributed by atoms with E-state index in [9.17, 15) is 4.79 Å². The van der Waals surface area contributed by atoms with E-state index in [1.165, 1.54) is 5.56 Å². The highest BCUT2D eigenvalue weighted by molar-refractivity contribution is 5.94. The van der Waals surface area contributed by atoms with E-state index >= 15 is 0 Å². The molecule has 1 amide bonds. The minimum absolute atomic E-state index is 0.162. The van der Waals surface area contributed by atoms with E-state index in [2.05, 4.69) is 15.5 Å². The lowest BCUT2D eigenvalue weighted by Gasteiger charge is -2.08. The van der Waals surface area contributed by atoms with Crippen molar-refractivity contribution in [2.45, 2.75) is 13.8 Å². The molecule has 0 saturated carbocycles. The van der Waals surface area contributed by atoms with Crippen molar-refractivity contribution < 1.29 is 13.9 Å². The van der Waals surface area contributed by atoms with Gasteiger partial charge in [-0.1, -0.05) is 29.8 Å². The average molecular weight is 413 g/mol. The summed E-state index contributed by atoms with van der Waals surface area (Å²) in [4.78, 5) is 12.4. The second-order valence-electron chi connectivity index (χ2n) is 7.28. The number of ether oxygens (including phenoxy) is 1. The molecule has 0 fully saturated rings. The number of carbonyl (C=O) groups is 1. The number of nitrogens with zero attached hydrogens (tertiary/aromatic N) is 2. The zero-order chi connectivity index (χ0) is 21.6. The van der Waals surface area contributed by atoms with Crippen LogP contribution in [0.3, 0.4) is 0 Å². The molecule has 6 heteroatoms. The van der Waals surface area contributed by atoms with Crippen LogP contribution in [0.2, 0.25) is 0 Å². The van der Waals surface area contributed by atoms with Crippen molar-refractivity contribution in [3.8, 4) is 28.7 Å². The van der Waals surface area contributed by atoms with Gasteiger partial charge in [0.05, 0.1) is 6.54 Å². The third-order valence-corrected chi connectivity index (χ3v) is 4.76. The molecule has 31 heavy (non-hydrogen) atoms. The Balaban J connectivity index is 1.32. The zero-order valence-electron chi connectivity index (χ0n) is 17.5.